The molecule has 2 aromatic carbocycles. The van der Waals surface area contributed by atoms with E-state index in [1.54, 1.807) is 0 Å². The minimum Gasteiger partial charge on any atom is -0.467 e. The van der Waals surface area contributed by atoms with Gasteiger partial charge in [0.25, 0.3) is 0 Å². The van der Waals surface area contributed by atoms with E-state index >= 15 is 0 Å². The predicted molar refractivity (Wildman–Crippen MR) is 179 cm³/mol. The minimum absolute atomic E-state index is 0.104. The average molecular weight is 590 g/mol. The highest BCUT2D eigenvalue weighted by Crippen LogP contribution is 2.40. The first kappa shape index (κ1) is 30.5. The Bertz CT molecular complexity index is 1570. The van der Waals surface area contributed by atoms with Crippen LogP contribution in [0, 0.1) is 33.5 Å². The van der Waals surface area contributed by atoms with E-state index in [9.17, 15) is 0 Å². The van der Waals surface area contributed by atoms with Crippen LogP contribution < -0.4 is 15.6 Å². The number of para-hydroxylation sites is 2. The van der Waals surface area contributed by atoms with Crippen LogP contribution in [-0.2, 0) is 0 Å². The molecule has 1 heterocycles. The van der Waals surface area contributed by atoms with Crippen molar-refractivity contribution >= 4 is 45.4 Å². The van der Waals surface area contributed by atoms with E-state index < -0.39 is 0 Å². The Morgan fingerprint density at radius 3 is 1.36 bits per heavy atom. The number of allylic oxidation sites excluding steroid dienone is 4. The number of nitrogens with one attached hydrogen (secondary N) is 4. The molecule has 0 saturated carbocycles. The quantitative estimate of drug-likeness (QED) is 0.219. The smallest absolute Gasteiger partial charge is 0.320 e. The fourth-order valence-corrected chi connectivity index (χ4v) is 5.15. The molecular weight excluding hydrogens is 550 g/mol. The SMILES string of the molecule is COc1nc(C2=CC(C(C)(C)C)/C(=N/Nc3ccccc3)C2=N)nc(C2=CC(C(C)(C)C)/C(=N\Nc3ccccc3)C2=N)n1. The highest BCUT2D eigenvalue weighted by atomic mass is 16.5. The molecule has 10 nitrogen and oxygen atoms in total. The molecule has 2 atom stereocenters. The summed E-state index contributed by atoms with van der Waals surface area (Å²) in [6, 6.07) is 19.4. The average Bonchev–Trinajstić information content (AvgIpc) is 3.52. The molecule has 44 heavy (non-hydrogen) atoms. The van der Waals surface area contributed by atoms with Gasteiger partial charge in [-0.1, -0.05) is 90.1 Å². The summed E-state index contributed by atoms with van der Waals surface area (Å²) in [5.74, 6) is 0.267. The lowest BCUT2D eigenvalue weighted by Crippen LogP contribution is -2.28. The van der Waals surface area contributed by atoms with Crippen molar-refractivity contribution in [2.24, 2.45) is 32.9 Å². The number of hydrazone groups is 2. The first-order valence-electron chi connectivity index (χ1n) is 14.6. The van der Waals surface area contributed by atoms with Gasteiger partial charge in [-0.3, -0.25) is 21.7 Å². The molecule has 4 N–H and O–H groups in total. The maximum atomic E-state index is 9.14. The molecule has 2 aliphatic carbocycles. The van der Waals surface area contributed by atoms with Gasteiger partial charge < -0.3 is 4.74 Å². The largest absolute Gasteiger partial charge is 0.467 e. The Morgan fingerprint density at radius 2 is 1.02 bits per heavy atom. The van der Waals surface area contributed by atoms with Crippen molar-refractivity contribution in [1.82, 2.24) is 15.0 Å². The molecule has 0 aliphatic heterocycles. The summed E-state index contributed by atoms with van der Waals surface area (Å²) in [7, 11) is 1.49. The zero-order valence-corrected chi connectivity index (χ0v) is 26.2. The molecule has 0 saturated heterocycles. The van der Waals surface area contributed by atoms with Gasteiger partial charge in [0, 0.05) is 23.0 Å². The Hall–Kier alpha value is -4.99. The maximum absolute atomic E-state index is 9.14. The summed E-state index contributed by atoms with van der Waals surface area (Å²) in [5.41, 5.74) is 10.1. The number of aromatic nitrogens is 3. The minimum atomic E-state index is -0.224. The van der Waals surface area contributed by atoms with Gasteiger partial charge in [-0.05, 0) is 35.1 Å². The topological polar surface area (TPSA) is 144 Å². The Kier molecular flexibility index (Phi) is 8.27. The number of anilines is 2. The van der Waals surface area contributed by atoms with Crippen LogP contribution >= 0.6 is 0 Å². The summed E-state index contributed by atoms with van der Waals surface area (Å²) in [5, 5.41) is 27.6. The van der Waals surface area contributed by atoms with Gasteiger partial charge in [-0.15, -0.1) is 0 Å². The van der Waals surface area contributed by atoms with E-state index in [0.717, 1.165) is 11.4 Å². The van der Waals surface area contributed by atoms with Gasteiger partial charge in [-0.25, -0.2) is 4.98 Å². The van der Waals surface area contributed by atoms with Crippen molar-refractivity contribution in [1.29, 1.82) is 10.8 Å². The first-order chi connectivity index (χ1) is 20.9. The van der Waals surface area contributed by atoms with E-state index in [1.807, 2.05) is 72.8 Å². The normalized spacial score (nSPS) is 20.6. The van der Waals surface area contributed by atoms with Crippen LogP contribution in [0.15, 0.2) is 83.0 Å². The molecule has 0 fully saturated rings. The van der Waals surface area contributed by atoms with Crippen molar-refractivity contribution in [2.75, 3.05) is 18.0 Å². The van der Waals surface area contributed by atoms with Crippen LogP contribution in [0.1, 0.15) is 53.2 Å². The van der Waals surface area contributed by atoms with Crippen molar-refractivity contribution in [3.05, 3.63) is 84.5 Å². The van der Waals surface area contributed by atoms with E-state index in [0.29, 0.717) is 34.2 Å². The number of rotatable bonds is 7. The zero-order valence-electron chi connectivity index (χ0n) is 26.2. The molecule has 2 aliphatic rings. The highest BCUT2D eigenvalue weighted by molar-refractivity contribution is 6.61. The summed E-state index contributed by atoms with van der Waals surface area (Å²) >= 11 is 0. The highest BCUT2D eigenvalue weighted by Gasteiger charge is 2.40. The summed E-state index contributed by atoms with van der Waals surface area (Å²) in [6.07, 6.45) is 3.99. The van der Waals surface area contributed by atoms with Crippen molar-refractivity contribution in [3.8, 4) is 6.01 Å². The Balaban J connectivity index is 1.53. The molecule has 5 rings (SSSR count). The van der Waals surface area contributed by atoms with Gasteiger partial charge in [0.1, 0.15) is 0 Å². The van der Waals surface area contributed by atoms with Crippen LogP contribution in [0.3, 0.4) is 0 Å². The zero-order chi connectivity index (χ0) is 31.6. The molecule has 226 valence electrons. The van der Waals surface area contributed by atoms with Gasteiger partial charge in [0.15, 0.2) is 11.6 Å². The lowest BCUT2D eigenvalue weighted by atomic mass is 9.79. The van der Waals surface area contributed by atoms with Crippen LogP contribution in [0.2, 0.25) is 0 Å². The van der Waals surface area contributed by atoms with Gasteiger partial charge >= 0.3 is 6.01 Å². The predicted octanol–water partition coefficient (Wildman–Crippen LogP) is 6.97. The third-order valence-corrected chi connectivity index (χ3v) is 7.61. The van der Waals surface area contributed by atoms with Crippen LogP contribution in [0.5, 0.6) is 6.01 Å². The molecular formula is C34H39N9O. The van der Waals surface area contributed by atoms with Crippen LogP contribution in [-0.4, -0.2) is 44.9 Å². The molecule has 0 bridgehead atoms. The monoisotopic (exact) mass is 589 g/mol. The molecule has 0 amide bonds. The molecule has 10 heteroatoms. The maximum Gasteiger partial charge on any atom is 0.320 e. The Labute approximate surface area is 258 Å². The summed E-state index contributed by atoms with van der Waals surface area (Å²) < 4.78 is 5.49. The number of hydrogen-bond donors (Lipinski definition) is 4. The lowest BCUT2D eigenvalue weighted by Gasteiger charge is -2.25. The molecule has 3 aromatic rings. The summed E-state index contributed by atoms with van der Waals surface area (Å²) in [6.45, 7) is 12.7. The first-order valence-corrected chi connectivity index (χ1v) is 14.6. The van der Waals surface area contributed by atoms with Crippen molar-refractivity contribution in [3.63, 3.8) is 0 Å². The second kappa shape index (κ2) is 11.9. The number of benzene rings is 2. The fraction of sp³-hybridized carbons (Fsp3) is 0.324. The number of methoxy groups -OCH3 is 1. The van der Waals surface area contributed by atoms with E-state index in [-0.39, 0.29) is 40.1 Å². The summed E-state index contributed by atoms with van der Waals surface area (Å²) in [4.78, 5) is 13.9. The van der Waals surface area contributed by atoms with Crippen LogP contribution in [0.25, 0.3) is 11.1 Å². The van der Waals surface area contributed by atoms with Crippen molar-refractivity contribution in [2.45, 2.75) is 41.5 Å². The third kappa shape index (κ3) is 6.34. The number of hydrogen-bond acceptors (Lipinski definition) is 10. The van der Waals surface area contributed by atoms with Gasteiger partial charge in [-0.2, -0.15) is 20.2 Å². The number of ether oxygens (including phenoxy) is 1. The standard InChI is InChI=1S/C34H39N9O/c1-33(2,3)24-18-22(26(35)28(24)42-40-20-14-10-8-11-15-20)30-37-31(39-32(38-30)44-7)23-19-25(34(4,5)6)29(27(23)36)43-41-21-16-12-9-13-17-21/h8-19,24-25,35-36,40-41H,1-7H3/b35-26?,36-27?,42-28-,43-29+. The van der Waals surface area contributed by atoms with Crippen LogP contribution in [0.4, 0.5) is 11.4 Å². The second-order valence-corrected chi connectivity index (χ2v) is 13.0. The van der Waals surface area contributed by atoms with E-state index in [1.165, 1.54) is 7.11 Å². The molecule has 1 aromatic heterocycles. The van der Waals surface area contributed by atoms with Gasteiger partial charge in [0.05, 0.1) is 41.3 Å². The third-order valence-electron chi connectivity index (χ3n) is 7.61. The second-order valence-electron chi connectivity index (χ2n) is 13.0. The van der Waals surface area contributed by atoms with Gasteiger partial charge in [0.2, 0.25) is 0 Å². The molecule has 2 unspecified atom stereocenters. The van der Waals surface area contributed by atoms with E-state index in [2.05, 4.69) is 72.6 Å². The van der Waals surface area contributed by atoms with Crippen molar-refractivity contribution < 1.29 is 4.74 Å². The Morgan fingerprint density at radius 1 is 0.636 bits per heavy atom. The lowest BCUT2D eigenvalue weighted by molar-refractivity contribution is 0.365. The fourth-order valence-electron chi connectivity index (χ4n) is 5.15. The van der Waals surface area contributed by atoms with E-state index in [4.69, 9.17) is 20.5 Å². The molecule has 0 spiro atoms. The number of nitrogens with zero attached hydrogens (tertiary/aromatic N) is 5. The molecule has 0 radical (unpaired) electrons.